The Labute approximate surface area is 138 Å². The molecule has 2 aromatic rings. The summed E-state index contributed by atoms with van der Waals surface area (Å²) < 4.78 is 6.03. The Morgan fingerprint density at radius 3 is 2.70 bits per heavy atom. The number of hydrogen-bond acceptors (Lipinski definition) is 2. The lowest BCUT2D eigenvalue weighted by molar-refractivity contribution is 0.223. The lowest BCUT2D eigenvalue weighted by atomic mass is 9.94. The molecular formula is C21H23NO. The van der Waals surface area contributed by atoms with Crippen LogP contribution in [0.5, 0.6) is 5.75 Å². The van der Waals surface area contributed by atoms with Crippen LogP contribution in [-0.4, -0.2) is 19.2 Å². The fourth-order valence-corrected chi connectivity index (χ4v) is 3.56. The molecular weight excluding hydrogens is 282 g/mol. The summed E-state index contributed by atoms with van der Waals surface area (Å²) in [7, 11) is 0. The van der Waals surface area contributed by atoms with E-state index < -0.39 is 0 Å². The molecule has 2 heteroatoms. The molecule has 2 aliphatic rings. The molecule has 4 rings (SSSR count). The highest BCUT2D eigenvalue weighted by atomic mass is 16.5. The molecule has 1 atom stereocenters. The van der Waals surface area contributed by atoms with Crippen molar-refractivity contribution in [3.8, 4) is 5.75 Å². The highest BCUT2D eigenvalue weighted by molar-refractivity contribution is 5.82. The van der Waals surface area contributed by atoms with Gasteiger partial charge in [0.15, 0.2) is 0 Å². The summed E-state index contributed by atoms with van der Waals surface area (Å²) in [6, 6.07) is 17.4. The van der Waals surface area contributed by atoms with Crippen molar-refractivity contribution in [2.75, 3.05) is 13.1 Å². The van der Waals surface area contributed by atoms with E-state index in [9.17, 15) is 0 Å². The predicted molar refractivity (Wildman–Crippen MR) is 94.8 cm³/mol. The highest BCUT2D eigenvalue weighted by Crippen LogP contribution is 2.31. The molecule has 1 unspecified atom stereocenters. The van der Waals surface area contributed by atoms with Crippen LogP contribution in [0.3, 0.4) is 0 Å². The number of benzene rings is 2. The Bertz CT molecular complexity index is 696. The van der Waals surface area contributed by atoms with E-state index >= 15 is 0 Å². The van der Waals surface area contributed by atoms with E-state index in [1.807, 2.05) is 0 Å². The van der Waals surface area contributed by atoms with Crippen LogP contribution in [0.15, 0.2) is 54.6 Å². The molecule has 118 valence electrons. The molecule has 0 aromatic heterocycles. The van der Waals surface area contributed by atoms with Crippen molar-refractivity contribution in [1.82, 2.24) is 5.32 Å². The standard InChI is InChI=1S/C21H23NO/c1-3-7-20-16(5-1)6-2-4-8-21(20)17-9-11-18(12-10-17)23-19-13-14-22-15-19/h1,3,5,7-12,19,22H,2,4,6,13-15H2. The van der Waals surface area contributed by atoms with Gasteiger partial charge in [0, 0.05) is 6.54 Å². The van der Waals surface area contributed by atoms with Gasteiger partial charge in [-0.2, -0.15) is 0 Å². The summed E-state index contributed by atoms with van der Waals surface area (Å²) in [6.45, 7) is 2.02. The highest BCUT2D eigenvalue weighted by Gasteiger charge is 2.16. The van der Waals surface area contributed by atoms with Crippen LogP contribution in [-0.2, 0) is 6.42 Å². The van der Waals surface area contributed by atoms with Crippen molar-refractivity contribution >= 4 is 5.57 Å². The largest absolute Gasteiger partial charge is 0.489 e. The molecule has 1 fully saturated rings. The molecule has 0 radical (unpaired) electrons. The summed E-state index contributed by atoms with van der Waals surface area (Å²) in [5.41, 5.74) is 5.51. The first kappa shape index (κ1) is 14.5. The van der Waals surface area contributed by atoms with E-state index in [1.54, 1.807) is 0 Å². The van der Waals surface area contributed by atoms with Gasteiger partial charge in [0.05, 0.1) is 0 Å². The zero-order valence-corrected chi connectivity index (χ0v) is 13.4. The van der Waals surface area contributed by atoms with Crippen molar-refractivity contribution in [2.24, 2.45) is 0 Å². The maximum absolute atomic E-state index is 6.03. The molecule has 1 heterocycles. The second-order valence-corrected chi connectivity index (χ2v) is 6.42. The Kier molecular flexibility index (Phi) is 4.16. The van der Waals surface area contributed by atoms with Crippen molar-refractivity contribution in [3.63, 3.8) is 0 Å². The molecule has 2 nitrogen and oxygen atoms in total. The van der Waals surface area contributed by atoms with Crippen molar-refractivity contribution in [1.29, 1.82) is 0 Å². The van der Waals surface area contributed by atoms with Crippen LogP contribution in [0, 0.1) is 0 Å². The number of aryl methyl sites for hydroxylation is 1. The first-order valence-corrected chi connectivity index (χ1v) is 8.66. The van der Waals surface area contributed by atoms with Gasteiger partial charge in [0.1, 0.15) is 11.9 Å². The van der Waals surface area contributed by atoms with E-state index in [0.29, 0.717) is 6.10 Å². The van der Waals surface area contributed by atoms with Gasteiger partial charge >= 0.3 is 0 Å². The lowest BCUT2D eigenvalue weighted by Crippen LogP contribution is -2.19. The quantitative estimate of drug-likeness (QED) is 0.918. The third-order valence-corrected chi connectivity index (χ3v) is 4.79. The third kappa shape index (κ3) is 3.18. The average molecular weight is 305 g/mol. The topological polar surface area (TPSA) is 21.3 Å². The molecule has 0 bridgehead atoms. The number of hydrogen-bond donors (Lipinski definition) is 1. The first-order valence-electron chi connectivity index (χ1n) is 8.66. The number of rotatable bonds is 3. The minimum atomic E-state index is 0.318. The lowest BCUT2D eigenvalue weighted by Gasteiger charge is -2.14. The number of fused-ring (bicyclic) bond motifs is 1. The molecule has 23 heavy (non-hydrogen) atoms. The second kappa shape index (κ2) is 6.59. The maximum Gasteiger partial charge on any atom is 0.119 e. The van der Waals surface area contributed by atoms with Gasteiger partial charge in [-0.25, -0.2) is 0 Å². The molecule has 0 amide bonds. The monoisotopic (exact) mass is 305 g/mol. The Morgan fingerprint density at radius 1 is 1.00 bits per heavy atom. The minimum absolute atomic E-state index is 0.318. The fraction of sp³-hybridized carbons (Fsp3) is 0.333. The Hall–Kier alpha value is -2.06. The molecule has 0 spiro atoms. The van der Waals surface area contributed by atoms with Crippen molar-refractivity contribution in [2.45, 2.75) is 31.8 Å². The van der Waals surface area contributed by atoms with Gasteiger partial charge in [-0.15, -0.1) is 0 Å². The smallest absolute Gasteiger partial charge is 0.119 e. The van der Waals surface area contributed by atoms with Crippen LogP contribution in [0.25, 0.3) is 5.57 Å². The first-order chi connectivity index (χ1) is 11.4. The summed E-state index contributed by atoms with van der Waals surface area (Å²) in [6.07, 6.45) is 7.36. The predicted octanol–water partition coefficient (Wildman–Crippen LogP) is 4.20. The summed E-state index contributed by atoms with van der Waals surface area (Å²) in [5, 5.41) is 3.34. The van der Waals surface area contributed by atoms with Gasteiger partial charge in [-0.05, 0) is 66.6 Å². The van der Waals surface area contributed by atoms with Crippen LogP contribution < -0.4 is 10.1 Å². The summed E-state index contributed by atoms with van der Waals surface area (Å²) in [5.74, 6) is 0.977. The fourth-order valence-electron chi connectivity index (χ4n) is 3.56. The van der Waals surface area contributed by atoms with Crippen molar-refractivity contribution in [3.05, 3.63) is 71.3 Å². The summed E-state index contributed by atoms with van der Waals surface area (Å²) in [4.78, 5) is 0. The second-order valence-electron chi connectivity index (χ2n) is 6.42. The van der Waals surface area contributed by atoms with Gasteiger partial charge in [0.2, 0.25) is 0 Å². The van der Waals surface area contributed by atoms with Crippen LogP contribution in [0.2, 0.25) is 0 Å². The normalized spacial score (nSPS) is 20.5. The minimum Gasteiger partial charge on any atom is -0.489 e. The molecule has 0 saturated carbocycles. The molecule has 2 aromatic carbocycles. The third-order valence-electron chi connectivity index (χ3n) is 4.79. The van der Waals surface area contributed by atoms with Gasteiger partial charge < -0.3 is 10.1 Å². The van der Waals surface area contributed by atoms with Crippen LogP contribution >= 0.6 is 0 Å². The van der Waals surface area contributed by atoms with Crippen LogP contribution in [0.4, 0.5) is 0 Å². The Balaban J connectivity index is 1.59. The van der Waals surface area contributed by atoms with E-state index in [-0.39, 0.29) is 0 Å². The average Bonchev–Trinajstić information content (AvgIpc) is 3.00. The van der Waals surface area contributed by atoms with E-state index in [1.165, 1.54) is 35.1 Å². The molecule has 1 aliphatic carbocycles. The van der Waals surface area contributed by atoms with E-state index in [2.05, 4.69) is 59.9 Å². The summed E-state index contributed by atoms with van der Waals surface area (Å²) >= 11 is 0. The molecule has 1 N–H and O–H groups in total. The molecule has 1 aliphatic heterocycles. The van der Waals surface area contributed by atoms with Gasteiger partial charge in [-0.3, -0.25) is 0 Å². The zero-order valence-electron chi connectivity index (χ0n) is 13.4. The number of allylic oxidation sites excluding steroid dienone is 1. The number of ether oxygens (including phenoxy) is 1. The Morgan fingerprint density at radius 2 is 1.87 bits per heavy atom. The molecule has 1 saturated heterocycles. The maximum atomic E-state index is 6.03. The van der Waals surface area contributed by atoms with Gasteiger partial charge in [0.25, 0.3) is 0 Å². The van der Waals surface area contributed by atoms with Crippen LogP contribution in [0.1, 0.15) is 36.0 Å². The van der Waals surface area contributed by atoms with E-state index in [4.69, 9.17) is 4.74 Å². The van der Waals surface area contributed by atoms with Crippen molar-refractivity contribution < 1.29 is 4.74 Å². The zero-order chi connectivity index (χ0) is 15.5. The van der Waals surface area contributed by atoms with Gasteiger partial charge in [-0.1, -0.05) is 42.5 Å². The van der Waals surface area contributed by atoms with E-state index in [0.717, 1.165) is 31.7 Å². The SMILES string of the molecule is C1=C(c2ccc(OC3CCNC3)cc2)c2ccccc2CCC1. The number of nitrogens with one attached hydrogen (secondary N) is 1.